The minimum absolute atomic E-state index is 0.0635. The lowest BCUT2D eigenvalue weighted by Crippen LogP contribution is -2.62. The molecule has 0 saturated carbocycles. The third-order valence-corrected chi connectivity index (χ3v) is 12.9. The van der Waals surface area contributed by atoms with Gasteiger partial charge < -0.3 is 72.6 Å². The number of benzene rings is 1. The Labute approximate surface area is 367 Å². The number of aliphatic hydroxyl groups excluding tert-OH is 3. The molecule has 350 valence electrons. The number of hydrogen-bond donors (Lipinski definition) is 13. The van der Waals surface area contributed by atoms with Gasteiger partial charge in [0.2, 0.25) is 47.3 Å². The van der Waals surface area contributed by atoms with E-state index in [1.807, 2.05) is 0 Å². The van der Waals surface area contributed by atoms with Gasteiger partial charge in [-0.2, -0.15) is 0 Å². The van der Waals surface area contributed by atoms with Gasteiger partial charge in [0.15, 0.2) is 0 Å². The minimum Gasteiger partial charge on any atom is -0.508 e. The first-order valence-corrected chi connectivity index (χ1v) is 21.8. The van der Waals surface area contributed by atoms with Crippen LogP contribution in [0.4, 0.5) is 0 Å². The average Bonchev–Trinajstić information content (AvgIpc) is 3.82. The fraction of sp³-hybridized carbons (Fsp3) is 0.564. The lowest BCUT2D eigenvalue weighted by atomic mass is 9.93. The summed E-state index contributed by atoms with van der Waals surface area (Å²) in [6, 6.07) is -6.28. The van der Waals surface area contributed by atoms with Gasteiger partial charge in [0.25, 0.3) is 0 Å². The Balaban J connectivity index is 1.73. The quantitative estimate of drug-likeness (QED) is 0.123. The number of fused-ring (bicyclic) bond motifs is 5. The first-order valence-electron chi connectivity index (χ1n) is 20.5. The largest absolute Gasteiger partial charge is 0.508 e. The average molecular weight is 920 g/mol. The van der Waals surface area contributed by atoms with Gasteiger partial charge >= 0.3 is 5.97 Å². The number of aromatic amines is 1. The van der Waals surface area contributed by atoms with E-state index in [0.717, 1.165) is 4.90 Å². The maximum Gasteiger partial charge on any atom is 0.305 e. The summed E-state index contributed by atoms with van der Waals surface area (Å²) in [4.78, 5) is 127. The number of phenols is 1. The Morgan fingerprint density at radius 1 is 0.859 bits per heavy atom. The van der Waals surface area contributed by atoms with Crippen LogP contribution in [0.25, 0.3) is 10.9 Å². The van der Waals surface area contributed by atoms with Crippen molar-refractivity contribution in [2.24, 2.45) is 11.8 Å². The third kappa shape index (κ3) is 11.5. The van der Waals surface area contributed by atoms with Crippen molar-refractivity contribution in [3.05, 3.63) is 23.8 Å². The molecule has 13 N–H and O–H groups in total. The molecule has 2 aromatic rings. The van der Waals surface area contributed by atoms with Crippen LogP contribution >= 0.6 is 0 Å². The van der Waals surface area contributed by atoms with Gasteiger partial charge in [-0.15, -0.1) is 0 Å². The fourth-order valence-electron chi connectivity index (χ4n) is 7.67. The summed E-state index contributed by atoms with van der Waals surface area (Å²) < 4.78 is 14.5. The van der Waals surface area contributed by atoms with Crippen molar-refractivity contribution in [3.63, 3.8) is 0 Å². The molecule has 64 heavy (non-hydrogen) atoms. The van der Waals surface area contributed by atoms with E-state index < -0.39 is 176 Å². The summed E-state index contributed by atoms with van der Waals surface area (Å²) in [6.45, 7) is 1.64. The zero-order valence-electron chi connectivity index (χ0n) is 35.0. The van der Waals surface area contributed by atoms with Crippen molar-refractivity contribution in [1.29, 1.82) is 0 Å². The topological polar surface area (TPSA) is 375 Å². The molecular formula is C39H53N9O15S. The number of carboxylic acid groups (broad SMARTS) is 1. The molecule has 1 saturated heterocycles. The molecule has 4 heterocycles. The van der Waals surface area contributed by atoms with Gasteiger partial charge in [-0.25, -0.2) is 0 Å². The molecule has 2 bridgehead atoms. The monoisotopic (exact) mass is 919 g/mol. The third-order valence-electron chi connectivity index (χ3n) is 11.5. The number of carboxylic acids is 1. The summed E-state index contributed by atoms with van der Waals surface area (Å²) in [5.41, 5.74) is 0.220. The lowest BCUT2D eigenvalue weighted by Gasteiger charge is -2.32. The molecule has 1 aromatic carbocycles. The molecule has 3 aliphatic rings. The smallest absolute Gasteiger partial charge is 0.305 e. The van der Waals surface area contributed by atoms with E-state index in [1.54, 1.807) is 13.8 Å². The standard InChI is InChI=1S/C39H53N9O15S/c1-4-16(2)31-36(60)41-11-28(53)42-25-15-64(63)38-21(20-6-5-18(50)7-22(20)45-38)9-23(33(57)40-12-29(54)46-31)43-37(61)32(17(3)27(52)14-49)47-35(59)26-8-19(51)13-48(26)39(62)24(10-30(55)56)44-34(25)58/h5-7,16-17,19,23-27,31-32,45,49-52H,4,8-15H2,1-3H3,(H,40,57)(H,41,60)(H,42,53)(H,43,61)(H,44,58)(H,46,54)(H,47,59)(H,55,56)/t16-,17+,19?,23+,24+,25-,26+,27+,31+,32+,64?/m1/s1. The zero-order chi connectivity index (χ0) is 47.2. The van der Waals surface area contributed by atoms with E-state index in [1.165, 1.54) is 25.1 Å². The molecular weight excluding hydrogens is 867 g/mol. The Bertz CT molecular complexity index is 2200. The summed E-state index contributed by atoms with van der Waals surface area (Å²) in [7, 11) is -2.41. The van der Waals surface area contributed by atoms with Crippen LogP contribution in [0.3, 0.4) is 0 Å². The van der Waals surface area contributed by atoms with Gasteiger partial charge in [-0.3, -0.25) is 47.4 Å². The van der Waals surface area contributed by atoms with Crippen LogP contribution in [-0.4, -0.2) is 173 Å². The molecule has 1 fully saturated rings. The number of aromatic nitrogens is 1. The molecule has 5 rings (SSSR count). The Morgan fingerprint density at radius 2 is 1.53 bits per heavy atom. The van der Waals surface area contributed by atoms with Crippen LogP contribution < -0.4 is 37.2 Å². The number of carbonyl (C=O) groups excluding carboxylic acids is 8. The van der Waals surface area contributed by atoms with Crippen LogP contribution in [0.2, 0.25) is 0 Å². The molecule has 24 nitrogen and oxygen atoms in total. The highest BCUT2D eigenvalue weighted by atomic mass is 32.2. The number of nitrogens with zero attached hydrogens (tertiary/aromatic N) is 1. The maximum atomic E-state index is 14.5. The highest BCUT2D eigenvalue weighted by Crippen LogP contribution is 2.30. The van der Waals surface area contributed by atoms with E-state index in [2.05, 4.69) is 42.2 Å². The second-order valence-electron chi connectivity index (χ2n) is 16.1. The maximum absolute atomic E-state index is 14.5. The number of nitrogens with one attached hydrogen (secondary N) is 8. The zero-order valence-corrected chi connectivity index (χ0v) is 35.9. The molecule has 11 atom stereocenters. The number of carbonyl (C=O) groups is 9. The number of phenolic OH excluding ortho intramolecular Hbond substituents is 1. The van der Waals surface area contributed by atoms with E-state index >= 15 is 0 Å². The first kappa shape index (κ1) is 48.8. The summed E-state index contributed by atoms with van der Waals surface area (Å²) >= 11 is 0. The van der Waals surface area contributed by atoms with Gasteiger partial charge in [-0.05, 0) is 23.6 Å². The highest BCUT2D eigenvalue weighted by Gasteiger charge is 2.45. The Hall–Kier alpha value is -6.18. The van der Waals surface area contributed by atoms with Crippen molar-refractivity contribution in [3.8, 4) is 5.75 Å². The van der Waals surface area contributed by atoms with Crippen LogP contribution in [0, 0.1) is 11.8 Å². The van der Waals surface area contributed by atoms with E-state index in [0.29, 0.717) is 6.42 Å². The van der Waals surface area contributed by atoms with Crippen LogP contribution in [-0.2, 0) is 60.4 Å². The number of hydrogen-bond acceptors (Lipinski definition) is 14. The van der Waals surface area contributed by atoms with E-state index in [-0.39, 0.29) is 27.2 Å². The number of rotatable bonds is 7. The Kier molecular flexibility index (Phi) is 16.0. The van der Waals surface area contributed by atoms with Crippen LogP contribution in [0.1, 0.15) is 45.6 Å². The van der Waals surface area contributed by atoms with Crippen LogP contribution in [0.15, 0.2) is 23.2 Å². The molecule has 2 unspecified atom stereocenters. The number of aliphatic hydroxyl groups is 3. The van der Waals surface area contributed by atoms with Crippen LogP contribution in [0.5, 0.6) is 5.75 Å². The van der Waals surface area contributed by atoms with Gasteiger partial charge in [0.05, 0.1) is 60.4 Å². The molecule has 0 spiro atoms. The fourth-order valence-corrected chi connectivity index (χ4v) is 9.07. The molecule has 25 heteroatoms. The molecule has 0 aliphatic carbocycles. The van der Waals surface area contributed by atoms with Crippen molar-refractivity contribution in [2.45, 2.75) is 99.9 Å². The number of amides is 8. The predicted octanol–water partition coefficient (Wildman–Crippen LogP) is -5.32. The first-order chi connectivity index (χ1) is 30.2. The normalized spacial score (nSPS) is 28.5. The molecule has 1 aromatic heterocycles. The summed E-state index contributed by atoms with van der Waals surface area (Å²) in [6.07, 6.45) is -4.74. The molecule has 3 aliphatic heterocycles. The molecule has 8 amide bonds. The number of aliphatic carboxylic acids is 1. The lowest BCUT2D eigenvalue weighted by molar-refractivity contribution is -0.146. The van der Waals surface area contributed by atoms with Gasteiger partial charge in [-0.1, -0.05) is 27.2 Å². The second kappa shape index (κ2) is 21.0. The van der Waals surface area contributed by atoms with Crippen molar-refractivity contribution < 1.29 is 72.9 Å². The Morgan fingerprint density at radius 3 is 2.19 bits per heavy atom. The molecule has 0 radical (unpaired) electrons. The summed E-state index contributed by atoms with van der Waals surface area (Å²) in [5.74, 6) is -12.9. The number of H-pyrrole nitrogens is 1. The minimum atomic E-state index is -2.41. The van der Waals surface area contributed by atoms with E-state index in [4.69, 9.17) is 0 Å². The number of aromatic hydroxyl groups is 1. The van der Waals surface area contributed by atoms with Gasteiger partial charge in [0.1, 0.15) is 47.0 Å². The van der Waals surface area contributed by atoms with Crippen molar-refractivity contribution in [1.82, 2.24) is 47.1 Å². The highest BCUT2D eigenvalue weighted by molar-refractivity contribution is 7.85. The summed E-state index contributed by atoms with van der Waals surface area (Å²) in [5, 5.41) is 68.3. The van der Waals surface area contributed by atoms with Crippen molar-refractivity contribution >= 4 is 74.9 Å². The van der Waals surface area contributed by atoms with E-state index in [9.17, 15) is 72.9 Å². The second-order valence-corrected chi connectivity index (χ2v) is 17.5. The van der Waals surface area contributed by atoms with Gasteiger partial charge in [0, 0.05) is 36.8 Å². The van der Waals surface area contributed by atoms with Crippen molar-refractivity contribution in [2.75, 3.05) is 32.0 Å². The SMILES string of the molecule is CC[C@@H](C)[C@@H]1NC(=O)CNC(=O)[C@@H]2Cc3c([nH]c4cc(O)ccc34)S(=O)C[C@@H](NC(=O)CNC1=O)C(=O)N[C@@H](CC(=O)O)C(=O)N1CC(O)C[C@H]1C(=O)N[C@@H]([C@@H](C)[C@@H](O)CO)C(=O)N2. The predicted molar refractivity (Wildman–Crippen MR) is 221 cm³/mol.